The predicted octanol–water partition coefficient (Wildman–Crippen LogP) is 13.2. The molecule has 0 saturated heterocycles. The van der Waals surface area contributed by atoms with Crippen LogP contribution in [0.25, 0.3) is 78.0 Å². The molecule has 3 heteroatoms. The maximum Gasteiger partial charge on any atom is 0.164 e. The van der Waals surface area contributed by atoms with Gasteiger partial charge in [-0.25, -0.2) is 15.0 Å². The van der Waals surface area contributed by atoms with Crippen molar-refractivity contribution in [1.82, 2.24) is 15.0 Å². The molecule has 0 N–H and O–H groups in total. The molecule has 0 radical (unpaired) electrons. The third-order valence-corrected chi connectivity index (χ3v) is 11.6. The summed E-state index contributed by atoms with van der Waals surface area (Å²) in [5.41, 5.74) is 12.1. The molecule has 57 heavy (non-hydrogen) atoms. The molecule has 0 fully saturated rings. The summed E-state index contributed by atoms with van der Waals surface area (Å²) < 4.78 is 0. The van der Waals surface area contributed by atoms with Gasteiger partial charge in [-0.1, -0.05) is 188 Å². The molecule has 0 bridgehead atoms. The van der Waals surface area contributed by atoms with Crippen LogP contribution in [0, 0.1) is 0 Å². The van der Waals surface area contributed by atoms with Crippen LogP contribution in [0.4, 0.5) is 0 Å². The van der Waals surface area contributed by atoms with Gasteiger partial charge in [-0.05, 0) is 90.3 Å². The molecule has 1 aromatic heterocycles. The minimum Gasteiger partial charge on any atom is -0.208 e. The van der Waals surface area contributed by atoms with Gasteiger partial charge in [0.15, 0.2) is 17.5 Å². The molecule has 0 unspecified atom stereocenters. The van der Waals surface area contributed by atoms with Crippen molar-refractivity contribution in [3.63, 3.8) is 0 Å². The average Bonchev–Trinajstić information content (AvgIpc) is 3.59. The highest BCUT2D eigenvalue weighted by Gasteiger charge is 2.46. The van der Waals surface area contributed by atoms with Gasteiger partial charge in [-0.2, -0.15) is 0 Å². The zero-order valence-corrected chi connectivity index (χ0v) is 31.0. The summed E-state index contributed by atoms with van der Waals surface area (Å²) in [6.07, 6.45) is 0. The maximum absolute atomic E-state index is 5.27. The van der Waals surface area contributed by atoms with Crippen LogP contribution < -0.4 is 0 Å². The smallest absolute Gasteiger partial charge is 0.164 e. The van der Waals surface area contributed by atoms with Gasteiger partial charge >= 0.3 is 0 Å². The van der Waals surface area contributed by atoms with Crippen LogP contribution in [0.15, 0.2) is 212 Å². The number of fused-ring (bicyclic) bond motifs is 5. The van der Waals surface area contributed by atoms with Crippen LogP contribution in [0.1, 0.15) is 22.3 Å². The highest BCUT2D eigenvalue weighted by atomic mass is 15.0. The highest BCUT2D eigenvalue weighted by molar-refractivity contribution is 5.93. The summed E-state index contributed by atoms with van der Waals surface area (Å²) in [7, 11) is 0. The molecule has 0 spiro atoms. The predicted molar refractivity (Wildman–Crippen MR) is 234 cm³/mol. The van der Waals surface area contributed by atoms with Gasteiger partial charge in [-0.15, -0.1) is 0 Å². The lowest BCUT2D eigenvalue weighted by Gasteiger charge is -2.34. The zero-order valence-electron chi connectivity index (χ0n) is 31.0. The van der Waals surface area contributed by atoms with Crippen LogP contribution in [0.3, 0.4) is 0 Å². The standard InChI is InChI=1S/C54H35N3/c1-4-15-38(16-5-1)51-55-52(42-29-26-37-25-28-41(33-44(37)34-42)40-27-24-36-14-10-11-17-39(36)32-40)57-53(56-51)43-30-31-48-47-22-12-13-23-49(47)54(50(48)35-43,45-18-6-2-7-19-45)46-20-8-3-9-21-46/h1-35H. The van der Waals surface area contributed by atoms with Gasteiger partial charge in [0, 0.05) is 16.7 Å². The lowest BCUT2D eigenvalue weighted by Crippen LogP contribution is -2.28. The first-order valence-corrected chi connectivity index (χ1v) is 19.4. The summed E-state index contributed by atoms with van der Waals surface area (Å²) >= 11 is 0. The second-order valence-corrected chi connectivity index (χ2v) is 14.8. The molecule has 3 nitrogen and oxygen atoms in total. The van der Waals surface area contributed by atoms with Gasteiger partial charge in [0.2, 0.25) is 0 Å². The molecule has 10 aromatic rings. The Morgan fingerprint density at radius 2 is 0.702 bits per heavy atom. The van der Waals surface area contributed by atoms with Crippen LogP contribution in [0.5, 0.6) is 0 Å². The third-order valence-electron chi connectivity index (χ3n) is 11.6. The Balaban J connectivity index is 1.09. The fourth-order valence-corrected chi connectivity index (χ4v) is 8.87. The fourth-order valence-electron chi connectivity index (χ4n) is 8.87. The van der Waals surface area contributed by atoms with Gasteiger partial charge in [0.05, 0.1) is 5.41 Å². The fraction of sp³-hybridized carbons (Fsp3) is 0.0185. The second-order valence-electron chi connectivity index (χ2n) is 14.8. The van der Waals surface area contributed by atoms with E-state index in [1.165, 1.54) is 55.3 Å². The van der Waals surface area contributed by atoms with Crippen molar-refractivity contribution in [2.24, 2.45) is 0 Å². The minimum absolute atomic E-state index is 0.524. The quantitative estimate of drug-likeness (QED) is 0.171. The molecule has 0 aliphatic heterocycles. The molecular weight excluding hydrogens is 691 g/mol. The topological polar surface area (TPSA) is 38.7 Å². The van der Waals surface area contributed by atoms with Gasteiger partial charge < -0.3 is 0 Å². The molecule has 11 rings (SSSR count). The van der Waals surface area contributed by atoms with E-state index < -0.39 is 5.41 Å². The van der Waals surface area contributed by atoms with Crippen LogP contribution >= 0.6 is 0 Å². The van der Waals surface area contributed by atoms with Crippen LogP contribution in [-0.4, -0.2) is 15.0 Å². The van der Waals surface area contributed by atoms with E-state index in [0.717, 1.165) is 27.5 Å². The summed E-state index contributed by atoms with van der Waals surface area (Å²) in [6.45, 7) is 0. The molecule has 1 heterocycles. The Labute approximate surface area is 331 Å². The lowest BCUT2D eigenvalue weighted by atomic mass is 9.67. The Hall–Kier alpha value is -7.49. The summed E-state index contributed by atoms with van der Waals surface area (Å²) in [6, 6.07) is 75.9. The number of aromatic nitrogens is 3. The maximum atomic E-state index is 5.27. The second kappa shape index (κ2) is 13.4. The lowest BCUT2D eigenvalue weighted by molar-refractivity contribution is 0.768. The molecule has 0 amide bonds. The van der Waals surface area contributed by atoms with E-state index in [1.54, 1.807) is 0 Å². The number of rotatable bonds is 6. The summed E-state index contributed by atoms with van der Waals surface area (Å²) in [5.74, 6) is 1.91. The van der Waals surface area contributed by atoms with Crippen molar-refractivity contribution in [2.75, 3.05) is 0 Å². The SMILES string of the molecule is c1ccc(-c2nc(-c3ccc4c(c3)C(c3ccccc3)(c3ccccc3)c3ccccc3-4)nc(-c3ccc4ccc(-c5ccc6ccccc6c5)cc4c3)n2)cc1. The van der Waals surface area contributed by atoms with Gasteiger partial charge in [0.1, 0.15) is 0 Å². The Morgan fingerprint density at radius 1 is 0.263 bits per heavy atom. The molecule has 0 atom stereocenters. The number of hydrogen-bond acceptors (Lipinski definition) is 3. The molecule has 1 aliphatic carbocycles. The average molecular weight is 726 g/mol. The Morgan fingerprint density at radius 3 is 1.37 bits per heavy atom. The number of nitrogens with zero attached hydrogens (tertiary/aromatic N) is 3. The highest BCUT2D eigenvalue weighted by Crippen LogP contribution is 2.56. The largest absolute Gasteiger partial charge is 0.208 e. The van der Waals surface area contributed by atoms with E-state index in [0.29, 0.717) is 17.5 Å². The third kappa shape index (κ3) is 5.47. The van der Waals surface area contributed by atoms with Crippen molar-refractivity contribution in [3.8, 4) is 56.4 Å². The van der Waals surface area contributed by atoms with Crippen molar-refractivity contribution >= 4 is 21.5 Å². The number of hydrogen-bond donors (Lipinski definition) is 0. The van der Waals surface area contributed by atoms with Crippen molar-refractivity contribution < 1.29 is 0 Å². The first-order chi connectivity index (χ1) is 28.2. The Kier molecular flexibility index (Phi) is 7.71. The first-order valence-electron chi connectivity index (χ1n) is 19.4. The van der Waals surface area contributed by atoms with E-state index in [9.17, 15) is 0 Å². The normalized spacial score (nSPS) is 12.7. The zero-order chi connectivity index (χ0) is 37.8. The van der Waals surface area contributed by atoms with Crippen molar-refractivity contribution in [3.05, 3.63) is 235 Å². The Bertz CT molecular complexity index is 3080. The van der Waals surface area contributed by atoms with E-state index >= 15 is 0 Å². The summed E-state index contributed by atoms with van der Waals surface area (Å²) in [5, 5.41) is 4.77. The first kappa shape index (κ1) is 32.9. The minimum atomic E-state index is -0.524. The van der Waals surface area contributed by atoms with E-state index in [2.05, 4.69) is 194 Å². The monoisotopic (exact) mass is 725 g/mol. The van der Waals surface area contributed by atoms with Crippen LogP contribution in [0.2, 0.25) is 0 Å². The van der Waals surface area contributed by atoms with E-state index in [-0.39, 0.29) is 0 Å². The molecule has 9 aromatic carbocycles. The molecule has 0 saturated carbocycles. The van der Waals surface area contributed by atoms with Crippen molar-refractivity contribution in [2.45, 2.75) is 5.41 Å². The van der Waals surface area contributed by atoms with Gasteiger partial charge in [-0.3, -0.25) is 0 Å². The van der Waals surface area contributed by atoms with Crippen molar-refractivity contribution in [1.29, 1.82) is 0 Å². The van der Waals surface area contributed by atoms with Crippen LogP contribution in [-0.2, 0) is 5.41 Å². The molecule has 1 aliphatic rings. The van der Waals surface area contributed by atoms with Gasteiger partial charge in [0.25, 0.3) is 0 Å². The van der Waals surface area contributed by atoms with E-state index in [1.807, 2.05) is 18.2 Å². The van der Waals surface area contributed by atoms with E-state index in [4.69, 9.17) is 15.0 Å². The molecule has 266 valence electrons. The summed E-state index contributed by atoms with van der Waals surface area (Å²) in [4.78, 5) is 15.6. The number of benzene rings is 9. The molecular formula is C54H35N3.